The van der Waals surface area contributed by atoms with Crippen molar-refractivity contribution in [2.24, 2.45) is 0 Å². The molecule has 1 rings (SSSR count). The molecule has 1 aromatic carbocycles. The molecule has 0 atom stereocenters. The lowest BCUT2D eigenvalue weighted by molar-refractivity contribution is 0.174. The van der Waals surface area contributed by atoms with Gasteiger partial charge in [0.15, 0.2) is 0 Å². The van der Waals surface area contributed by atoms with E-state index in [1.165, 1.54) is 11.1 Å². The fourth-order valence-electron chi connectivity index (χ4n) is 1.77. The van der Waals surface area contributed by atoms with Gasteiger partial charge in [0.05, 0.1) is 6.61 Å². The highest BCUT2D eigenvalue weighted by molar-refractivity contribution is 9.10. The highest BCUT2D eigenvalue weighted by Crippen LogP contribution is 2.20. The van der Waals surface area contributed by atoms with Gasteiger partial charge < -0.3 is 10.2 Å². The second-order valence-corrected chi connectivity index (χ2v) is 4.96. The summed E-state index contributed by atoms with van der Waals surface area (Å²) in [6.45, 7) is 4.70. The zero-order valence-corrected chi connectivity index (χ0v) is 11.8. The molecule has 96 valence electrons. The zero-order chi connectivity index (χ0) is 12.7. The van der Waals surface area contributed by atoms with Crippen LogP contribution >= 0.6 is 15.9 Å². The number of hydrogen-bond donors (Lipinski definition) is 2. The highest BCUT2D eigenvalue weighted by atomic mass is 79.9. The van der Waals surface area contributed by atoms with Gasteiger partial charge in [0.1, 0.15) is 0 Å². The summed E-state index contributed by atoms with van der Waals surface area (Å²) in [5, 5.41) is 17.9. The molecule has 0 unspecified atom stereocenters. The minimum absolute atomic E-state index is 0.151. The fourth-order valence-corrected chi connectivity index (χ4v) is 2.18. The first-order valence-corrected chi connectivity index (χ1v) is 6.66. The molecule has 0 bridgehead atoms. The lowest BCUT2D eigenvalue weighted by Gasteiger charge is -2.22. The Balaban J connectivity index is 2.67. The van der Waals surface area contributed by atoms with E-state index in [0.29, 0.717) is 6.54 Å². The van der Waals surface area contributed by atoms with E-state index >= 15 is 0 Å². The molecule has 0 aromatic heterocycles. The molecule has 0 fully saturated rings. The summed E-state index contributed by atoms with van der Waals surface area (Å²) in [6, 6.07) is 6.15. The average molecular weight is 302 g/mol. The smallest absolute Gasteiger partial charge is 0.0558 e. The molecule has 0 aliphatic rings. The van der Waals surface area contributed by atoms with Crippen molar-refractivity contribution >= 4 is 15.9 Å². The van der Waals surface area contributed by atoms with Crippen LogP contribution in [0.3, 0.4) is 0 Å². The Bertz CT molecular complexity index is 344. The molecule has 0 amide bonds. The maximum absolute atomic E-state index is 9.02. The molecule has 0 saturated carbocycles. The number of nitrogens with zero attached hydrogens (tertiary/aromatic N) is 1. The van der Waals surface area contributed by atoms with Crippen LogP contribution in [0.15, 0.2) is 22.7 Å². The van der Waals surface area contributed by atoms with Crippen molar-refractivity contribution in [2.45, 2.75) is 19.9 Å². The molecule has 0 saturated heterocycles. The molecule has 4 heteroatoms. The summed E-state index contributed by atoms with van der Waals surface area (Å²) in [5.74, 6) is 0. The molecule has 1 aromatic rings. The van der Waals surface area contributed by atoms with E-state index in [4.69, 9.17) is 10.2 Å². The van der Waals surface area contributed by atoms with Crippen molar-refractivity contribution in [1.82, 2.24) is 4.90 Å². The van der Waals surface area contributed by atoms with E-state index in [-0.39, 0.29) is 13.2 Å². The Morgan fingerprint density at radius 2 is 1.94 bits per heavy atom. The predicted molar refractivity (Wildman–Crippen MR) is 72.9 cm³/mol. The van der Waals surface area contributed by atoms with Crippen molar-refractivity contribution in [3.8, 4) is 0 Å². The molecule has 0 radical (unpaired) electrons. The molecule has 17 heavy (non-hydrogen) atoms. The van der Waals surface area contributed by atoms with E-state index in [2.05, 4.69) is 33.8 Å². The summed E-state index contributed by atoms with van der Waals surface area (Å²) < 4.78 is 1.11. The number of hydrogen-bond acceptors (Lipinski definition) is 3. The minimum atomic E-state index is 0.151. The van der Waals surface area contributed by atoms with Gasteiger partial charge >= 0.3 is 0 Å². The third kappa shape index (κ3) is 4.76. The number of halogens is 1. The van der Waals surface area contributed by atoms with Crippen LogP contribution in [0, 0.1) is 6.92 Å². The Labute approximate surface area is 111 Å². The summed E-state index contributed by atoms with van der Waals surface area (Å²) in [7, 11) is 0. The summed E-state index contributed by atoms with van der Waals surface area (Å²) in [5.41, 5.74) is 2.49. The number of rotatable bonds is 7. The molecule has 2 N–H and O–H groups in total. The lowest BCUT2D eigenvalue weighted by atomic mass is 10.1. The van der Waals surface area contributed by atoms with Crippen LogP contribution in [-0.2, 0) is 6.54 Å². The standard InChI is InChI=1S/C13H20BrNO2/c1-11-12(4-2-5-13(11)14)10-15(7-9-17)6-3-8-16/h2,4-5,16-17H,3,6-10H2,1H3. The van der Waals surface area contributed by atoms with Gasteiger partial charge in [-0.15, -0.1) is 0 Å². The molecule has 3 nitrogen and oxygen atoms in total. The third-order valence-corrected chi connectivity index (χ3v) is 3.68. The van der Waals surface area contributed by atoms with Crippen LogP contribution in [0.5, 0.6) is 0 Å². The monoisotopic (exact) mass is 301 g/mol. The largest absolute Gasteiger partial charge is 0.396 e. The van der Waals surface area contributed by atoms with Crippen LogP contribution < -0.4 is 0 Å². The van der Waals surface area contributed by atoms with Gasteiger partial charge in [0, 0.05) is 30.7 Å². The van der Waals surface area contributed by atoms with Crippen LogP contribution in [0.4, 0.5) is 0 Å². The normalized spacial score (nSPS) is 11.1. The Morgan fingerprint density at radius 3 is 2.59 bits per heavy atom. The first-order valence-electron chi connectivity index (χ1n) is 5.87. The van der Waals surface area contributed by atoms with Gasteiger partial charge in [-0.3, -0.25) is 4.90 Å². The number of aliphatic hydroxyl groups excluding tert-OH is 2. The maximum atomic E-state index is 9.02. The van der Waals surface area contributed by atoms with Crippen molar-refractivity contribution in [2.75, 3.05) is 26.3 Å². The number of aliphatic hydroxyl groups is 2. The second kappa shape index (κ2) is 7.82. The SMILES string of the molecule is Cc1c(Br)cccc1CN(CCO)CCCO. The Hall–Kier alpha value is -0.420. The summed E-state index contributed by atoms with van der Waals surface area (Å²) in [4.78, 5) is 2.16. The van der Waals surface area contributed by atoms with Gasteiger partial charge in [-0.1, -0.05) is 28.1 Å². The number of benzene rings is 1. The maximum Gasteiger partial charge on any atom is 0.0558 e. The van der Waals surface area contributed by atoms with E-state index in [1.807, 2.05) is 12.1 Å². The topological polar surface area (TPSA) is 43.7 Å². The van der Waals surface area contributed by atoms with Crippen molar-refractivity contribution in [1.29, 1.82) is 0 Å². The third-order valence-electron chi connectivity index (χ3n) is 2.82. The quantitative estimate of drug-likeness (QED) is 0.809. The van der Waals surface area contributed by atoms with Gasteiger partial charge in [0.2, 0.25) is 0 Å². The van der Waals surface area contributed by atoms with Crippen LogP contribution in [0.25, 0.3) is 0 Å². The molecule has 0 spiro atoms. The van der Waals surface area contributed by atoms with E-state index in [9.17, 15) is 0 Å². The van der Waals surface area contributed by atoms with Gasteiger partial charge in [-0.2, -0.15) is 0 Å². The van der Waals surface area contributed by atoms with Gasteiger partial charge in [-0.05, 0) is 30.5 Å². The Morgan fingerprint density at radius 1 is 1.18 bits per heavy atom. The lowest BCUT2D eigenvalue weighted by Crippen LogP contribution is -2.28. The van der Waals surface area contributed by atoms with Gasteiger partial charge in [0.25, 0.3) is 0 Å². The van der Waals surface area contributed by atoms with Crippen molar-refractivity contribution < 1.29 is 10.2 Å². The molecule has 0 heterocycles. The van der Waals surface area contributed by atoms with Gasteiger partial charge in [-0.25, -0.2) is 0 Å². The van der Waals surface area contributed by atoms with E-state index in [0.717, 1.165) is 24.0 Å². The second-order valence-electron chi connectivity index (χ2n) is 4.10. The van der Waals surface area contributed by atoms with Crippen LogP contribution in [-0.4, -0.2) is 41.4 Å². The molecular weight excluding hydrogens is 282 g/mol. The molecular formula is C13H20BrNO2. The van der Waals surface area contributed by atoms with Crippen LogP contribution in [0.2, 0.25) is 0 Å². The summed E-state index contributed by atoms with van der Waals surface area (Å²) in [6.07, 6.45) is 0.743. The zero-order valence-electron chi connectivity index (χ0n) is 10.2. The Kier molecular flexibility index (Phi) is 6.73. The predicted octanol–water partition coefficient (Wildman–Crippen LogP) is 1.93. The summed E-state index contributed by atoms with van der Waals surface area (Å²) >= 11 is 3.52. The fraction of sp³-hybridized carbons (Fsp3) is 0.538. The minimum Gasteiger partial charge on any atom is -0.396 e. The highest BCUT2D eigenvalue weighted by Gasteiger charge is 2.08. The van der Waals surface area contributed by atoms with E-state index < -0.39 is 0 Å². The van der Waals surface area contributed by atoms with Crippen molar-refractivity contribution in [3.63, 3.8) is 0 Å². The average Bonchev–Trinajstić information content (AvgIpc) is 2.32. The molecule has 0 aliphatic heterocycles. The van der Waals surface area contributed by atoms with Crippen LogP contribution in [0.1, 0.15) is 17.5 Å². The van der Waals surface area contributed by atoms with Crippen molar-refractivity contribution in [3.05, 3.63) is 33.8 Å². The molecule has 0 aliphatic carbocycles. The first kappa shape index (κ1) is 14.6. The van der Waals surface area contributed by atoms with E-state index in [1.54, 1.807) is 0 Å². The first-order chi connectivity index (χ1) is 8.19.